The summed E-state index contributed by atoms with van der Waals surface area (Å²) in [5.41, 5.74) is 1.01. The highest BCUT2D eigenvalue weighted by Crippen LogP contribution is 2.34. The lowest BCUT2D eigenvalue weighted by Gasteiger charge is -2.33. The highest BCUT2D eigenvalue weighted by Gasteiger charge is 2.31. The van der Waals surface area contributed by atoms with Crippen LogP contribution in [0.25, 0.3) is 0 Å². The molecule has 2 fully saturated rings. The third kappa shape index (κ3) is 6.80. The van der Waals surface area contributed by atoms with Gasteiger partial charge in [0.1, 0.15) is 17.2 Å². The molecular weight excluding hydrogens is 495 g/mol. The summed E-state index contributed by atoms with van der Waals surface area (Å²) in [6.45, 7) is 5.99. The van der Waals surface area contributed by atoms with Gasteiger partial charge in [-0.25, -0.2) is 0 Å². The van der Waals surface area contributed by atoms with E-state index in [9.17, 15) is 0 Å². The summed E-state index contributed by atoms with van der Waals surface area (Å²) >= 11 is 0. The number of nitrogens with one attached hydrogen (secondary N) is 2. The molecule has 0 spiro atoms. The summed E-state index contributed by atoms with van der Waals surface area (Å²) in [4.78, 5) is 7.44. The lowest BCUT2D eigenvalue weighted by atomic mass is 10.1. The average Bonchev–Trinajstić information content (AvgIpc) is 3.59. The number of hydrogen-bond acceptors (Lipinski definition) is 5. The van der Waals surface area contributed by atoms with Gasteiger partial charge in [-0.1, -0.05) is 0 Å². The zero-order chi connectivity index (χ0) is 20.6. The number of nitrogens with zero attached hydrogens (tertiary/aromatic N) is 2. The van der Waals surface area contributed by atoms with Crippen molar-refractivity contribution in [2.75, 3.05) is 47.5 Å². The molecule has 8 heteroatoms. The molecule has 0 unspecified atom stereocenters. The van der Waals surface area contributed by atoms with E-state index in [0.29, 0.717) is 12.6 Å². The fourth-order valence-electron chi connectivity index (χ4n) is 3.97. The molecule has 0 bridgehead atoms. The summed E-state index contributed by atoms with van der Waals surface area (Å²) in [7, 11) is 4.98. The number of likely N-dealkylation sites (tertiary alicyclic amines) is 1. The second kappa shape index (κ2) is 12.4. The molecule has 0 radical (unpaired) electrons. The van der Waals surface area contributed by atoms with E-state index in [1.807, 2.05) is 12.1 Å². The Hall–Kier alpha value is -1.42. The highest BCUT2D eigenvalue weighted by molar-refractivity contribution is 14.0. The number of piperidine rings is 1. The topological polar surface area (TPSA) is 67.4 Å². The van der Waals surface area contributed by atoms with E-state index >= 15 is 0 Å². The van der Waals surface area contributed by atoms with E-state index in [-0.39, 0.29) is 24.0 Å². The molecule has 2 aliphatic rings. The molecule has 1 aliphatic heterocycles. The van der Waals surface area contributed by atoms with Crippen LogP contribution in [0, 0.1) is 0 Å². The number of benzene rings is 1. The van der Waals surface area contributed by atoms with Crippen LogP contribution >= 0.6 is 24.0 Å². The SMILES string of the molecule is CCNC(=NCCc1c(OC)cc(OC)cc1OC)NC1CCN(C2CC2)CC1.I. The molecule has 1 saturated carbocycles. The van der Waals surface area contributed by atoms with Crippen LogP contribution in [-0.2, 0) is 6.42 Å². The molecule has 0 aromatic heterocycles. The fraction of sp³-hybridized carbons (Fsp3) is 0.682. The van der Waals surface area contributed by atoms with E-state index in [1.165, 1.54) is 38.8 Å². The number of ether oxygens (including phenoxy) is 3. The number of aliphatic imine (C=N–C) groups is 1. The molecule has 1 aromatic carbocycles. The normalized spacial score (nSPS) is 17.8. The maximum Gasteiger partial charge on any atom is 0.191 e. The molecule has 1 aliphatic carbocycles. The van der Waals surface area contributed by atoms with Crippen LogP contribution in [0.3, 0.4) is 0 Å². The van der Waals surface area contributed by atoms with Gasteiger partial charge in [0.05, 0.1) is 21.3 Å². The predicted molar refractivity (Wildman–Crippen MR) is 132 cm³/mol. The van der Waals surface area contributed by atoms with Crippen LogP contribution in [0.2, 0.25) is 0 Å². The van der Waals surface area contributed by atoms with Gasteiger partial charge in [-0.2, -0.15) is 0 Å². The molecule has 0 atom stereocenters. The van der Waals surface area contributed by atoms with Gasteiger partial charge in [0.25, 0.3) is 0 Å². The minimum absolute atomic E-state index is 0. The third-order valence-corrected chi connectivity index (χ3v) is 5.73. The molecule has 7 nitrogen and oxygen atoms in total. The van der Waals surface area contributed by atoms with Crippen molar-refractivity contribution >= 4 is 29.9 Å². The maximum atomic E-state index is 5.55. The van der Waals surface area contributed by atoms with E-state index in [0.717, 1.165) is 47.8 Å². The van der Waals surface area contributed by atoms with E-state index in [4.69, 9.17) is 19.2 Å². The zero-order valence-corrected chi connectivity index (χ0v) is 21.0. The number of halogens is 1. The van der Waals surface area contributed by atoms with Gasteiger partial charge in [-0.15, -0.1) is 24.0 Å². The van der Waals surface area contributed by atoms with Crippen LogP contribution in [0.5, 0.6) is 17.2 Å². The van der Waals surface area contributed by atoms with E-state index in [2.05, 4.69) is 22.5 Å². The lowest BCUT2D eigenvalue weighted by molar-refractivity contribution is 0.197. The van der Waals surface area contributed by atoms with Crippen molar-refractivity contribution in [3.05, 3.63) is 17.7 Å². The maximum absolute atomic E-state index is 5.55. The van der Waals surface area contributed by atoms with Gasteiger partial charge in [-0.05, 0) is 39.0 Å². The smallest absolute Gasteiger partial charge is 0.191 e. The van der Waals surface area contributed by atoms with Gasteiger partial charge in [-0.3, -0.25) is 4.99 Å². The summed E-state index contributed by atoms with van der Waals surface area (Å²) < 4.78 is 16.4. The van der Waals surface area contributed by atoms with Crippen LogP contribution < -0.4 is 24.8 Å². The minimum atomic E-state index is 0. The van der Waals surface area contributed by atoms with Gasteiger partial charge in [0.2, 0.25) is 0 Å². The molecule has 30 heavy (non-hydrogen) atoms. The van der Waals surface area contributed by atoms with Gasteiger partial charge in [0, 0.05) is 56.0 Å². The molecule has 170 valence electrons. The lowest BCUT2D eigenvalue weighted by Crippen LogP contribution is -2.49. The Labute approximate surface area is 197 Å². The monoisotopic (exact) mass is 532 g/mol. The largest absolute Gasteiger partial charge is 0.496 e. The standard InChI is InChI=1S/C22H36N4O3.HI/c1-5-23-22(25-16-9-12-26(13-10-16)17-6-7-17)24-11-8-19-20(28-3)14-18(27-2)15-21(19)29-4;/h14-17H,5-13H2,1-4H3,(H2,23,24,25);1H. The third-order valence-electron chi connectivity index (χ3n) is 5.73. The number of hydrogen-bond donors (Lipinski definition) is 2. The van der Waals surface area contributed by atoms with Crippen molar-refractivity contribution in [3.8, 4) is 17.2 Å². The van der Waals surface area contributed by atoms with Gasteiger partial charge < -0.3 is 29.7 Å². The average molecular weight is 532 g/mol. The summed E-state index contributed by atoms with van der Waals surface area (Å²) in [6.07, 6.45) is 5.87. The Kier molecular flexibility index (Phi) is 10.3. The zero-order valence-electron chi connectivity index (χ0n) is 18.7. The summed E-state index contributed by atoms with van der Waals surface area (Å²) in [6, 6.07) is 5.14. The second-order valence-corrected chi connectivity index (χ2v) is 7.71. The molecule has 1 aromatic rings. The molecule has 2 N–H and O–H groups in total. The first-order valence-electron chi connectivity index (χ1n) is 10.8. The van der Waals surface area contributed by atoms with Crippen LogP contribution in [0.15, 0.2) is 17.1 Å². The second-order valence-electron chi connectivity index (χ2n) is 7.71. The molecule has 0 amide bonds. The van der Waals surface area contributed by atoms with Crippen molar-refractivity contribution in [2.45, 2.75) is 51.1 Å². The van der Waals surface area contributed by atoms with Crippen molar-refractivity contribution in [1.82, 2.24) is 15.5 Å². The number of methoxy groups -OCH3 is 3. The van der Waals surface area contributed by atoms with Gasteiger partial charge in [0.15, 0.2) is 5.96 Å². The van der Waals surface area contributed by atoms with E-state index in [1.54, 1.807) is 21.3 Å². The summed E-state index contributed by atoms with van der Waals surface area (Å²) in [5, 5.41) is 7.01. The number of guanidine groups is 1. The Morgan fingerprint density at radius 2 is 1.67 bits per heavy atom. The minimum Gasteiger partial charge on any atom is -0.496 e. The van der Waals surface area contributed by atoms with Crippen molar-refractivity contribution in [1.29, 1.82) is 0 Å². The first kappa shape index (κ1) is 24.8. The van der Waals surface area contributed by atoms with Crippen molar-refractivity contribution in [3.63, 3.8) is 0 Å². The Bertz CT molecular complexity index is 664. The van der Waals surface area contributed by atoms with Crippen molar-refractivity contribution < 1.29 is 14.2 Å². The fourth-order valence-corrected chi connectivity index (χ4v) is 3.97. The van der Waals surface area contributed by atoms with Crippen molar-refractivity contribution in [2.24, 2.45) is 4.99 Å². The predicted octanol–water partition coefficient (Wildman–Crippen LogP) is 3.05. The molecule has 3 rings (SSSR count). The van der Waals surface area contributed by atoms with Crippen LogP contribution in [0.1, 0.15) is 38.2 Å². The highest BCUT2D eigenvalue weighted by atomic mass is 127. The molecule has 1 saturated heterocycles. The molecular formula is C22H37IN4O3. The quantitative estimate of drug-likeness (QED) is 0.290. The number of rotatable bonds is 9. The Morgan fingerprint density at radius 3 is 2.17 bits per heavy atom. The first-order chi connectivity index (χ1) is 14.2. The van der Waals surface area contributed by atoms with Crippen LogP contribution in [0.4, 0.5) is 0 Å². The van der Waals surface area contributed by atoms with E-state index < -0.39 is 0 Å². The van der Waals surface area contributed by atoms with Crippen LogP contribution in [-0.4, -0.2) is 70.5 Å². The van der Waals surface area contributed by atoms with Gasteiger partial charge >= 0.3 is 0 Å². The Morgan fingerprint density at radius 1 is 1.03 bits per heavy atom. The molecule has 1 heterocycles. The summed E-state index contributed by atoms with van der Waals surface area (Å²) in [5.74, 6) is 3.14. The first-order valence-corrected chi connectivity index (χ1v) is 10.8. The Balaban J connectivity index is 0.00000320.